The molecule has 3 rings (SSSR count). The van der Waals surface area contributed by atoms with E-state index in [1.807, 2.05) is 46.2 Å². The standard InChI is InChI=1S/C26H32N6O4/c27-19-25-26(20-28)32(22-24-6-2-4-8-30-24)10-12-34-14-16-36-18-17-35-15-13-33-11-9-31(25)21-23-5-1-3-7-29-23/h1-8H,9-18,21-22H2/b26-25-. The van der Waals surface area contributed by atoms with Crippen molar-refractivity contribution in [2.24, 2.45) is 0 Å². The number of hydrogen-bond acceptors (Lipinski definition) is 10. The molecule has 1 aliphatic heterocycles. The smallest absolute Gasteiger partial charge is 0.151 e. The fourth-order valence-electron chi connectivity index (χ4n) is 3.57. The maximum Gasteiger partial charge on any atom is 0.151 e. The van der Waals surface area contributed by atoms with E-state index >= 15 is 0 Å². The zero-order valence-electron chi connectivity index (χ0n) is 20.4. The van der Waals surface area contributed by atoms with Gasteiger partial charge in [0.2, 0.25) is 0 Å². The average Bonchev–Trinajstić information content (AvgIpc) is 2.91. The Morgan fingerprint density at radius 2 is 1.00 bits per heavy atom. The number of allylic oxidation sites excluding steroid dienone is 2. The predicted octanol–water partition coefficient (Wildman–Crippen LogP) is 2.12. The van der Waals surface area contributed by atoms with Crippen molar-refractivity contribution in [2.75, 3.05) is 65.9 Å². The Hall–Kier alpha value is -3.54. The summed E-state index contributed by atoms with van der Waals surface area (Å²) >= 11 is 0. The first-order chi connectivity index (χ1) is 17.8. The number of ether oxygens (including phenoxy) is 4. The molecule has 36 heavy (non-hydrogen) atoms. The summed E-state index contributed by atoms with van der Waals surface area (Å²) in [6, 6.07) is 15.8. The first-order valence-electron chi connectivity index (χ1n) is 12.0. The molecule has 0 aromatic carbocycles. The van der Waals surface area contributed by atoms with E-state index in [1.54, 1.807) is 12.4 Å². The van der Waals surface area contributed by atoms with Gasteiger partial charge in [0.25, 0.3) is 0 Å². The summed E-state index contributed by atoms with van der Waals surface area (Å²) < 4.78 is 22.5. The Bertz CT molecular complexity index is 925. The number of aromatic nitrogens is 2. The minimum absolute atomic E-state index is 0.253. The third kappa shape index (κ3) is 9.25. The van der Waals surface area contributed by atoms with Gasteiger partial charge in [-0.15, -0.1) is 0 Å². The predicted molar refractivity (Wildman–Crippen MR) is 131 cm³/mol. The van der Waals surface area contributed by atoms with Gasteiger partial charge in [-0.2, -0.15) is 10.5 Å². The van der Waals surface area contributed by atoms with Crippen molar-refractivity contribution in [2.45, 2.75) is 13.1 Å². The molecule has 0 unspecified atom stereocenters. The van der Waals surface area contributed by atoms with Gasteiger partial charge in [-0.1, -0.05) is 12.1 Å². The van der Waals surface area contributed by atoms with Crippen molar-refractivity contribution in [3.63, 3.8) is 0 Å². The normalized spacial score (nSPS) is 19.5. The molecule has 0 aliphatic carbocycles. The Morgan fingerprint density at radius 1 is 0.611 bits per heavy atom. The molecule has 0 bridgehead atoms. The van der Waals surface area contributed by atoms with Gasteiger partial charge in [-0.25, -0.2) is 0 Å². The minimum Gasteiger partial charge on any atom is -0.377 e. The monoisotopic (exact) mass is 492 g/mol. The van der Waals surface area contributed by atoms with Gasteiger partial charge in [0.15, 0.2) is 11.4 Å². The van der Waals surface area contributed by atoms with Gasteiger partial charge in [0, 0.05) is 25.5 Å². The van der Waals surface area contributed by atoms with Crippen molar-refractivity contribution in [3.05, 3.63) is 71.6 Å². The van der Waals surface area contributed by atoms with E-state index in [0.29, 0.717) is 79.0 Å². The third-order valence-electron chi connectivity index (χ3n) is 5.35. The lowest BCUT2D eigenvalue weighted by Gasteiger charge is -2.29. The molecule has 0 N–H and O–H groups in total. The van der Waals surface area contributed by atoms with Crippen LogP contribution in [0.1, 0.15) is 11.4 Å². The minimum atomic E-state index is 0.253. The van der Waals surface area contributed by atoms with Crippen molar-refractivity contribution < 1.29 is 18.9 Å². The van der Waals surface area contributed by atoms with Crippen LogP contribution < -0.4 is 0 Å². The quantitative estimate of drug-likeness (QED) is 0.628. The molecule has 0 fully saturated rings. The van der Waals surface area contributed by atoms with Crippen LogP contribution in [0.2, 0.25) is 0 Å². The molecule has 0 saturated heterocycles. The Morgan fingerprint density at radius 3 is 1.33 bits per heavy atom. The van der Waals surface area contributed by atoms with E-state index in [4.69, 9.17) is 18.9 Å². The second-order valence-corrected chi connectivity index (χ2v) is 7.86. The molecule has 2 aromatic heterocycles. The van der Waals surface area contributed by atoms with Gasteiger partial charge in [-0.05, 0) is 24.3 Å². The number of nitriles is 2. The van der Waals surface area contributed by atoms with E-state index in [9.17, 15) is 10.5 Å². The molecule has 0 amide bonds. The molecule has 1 aliphatic rings. The van der Waals surface area contributed by atoms with E-state index in [-0.39, 0.29) is 11.4 Å². The first-order valence-corrected chi connectivity index (χ1v) is 12.0. The maximum atomic E-state index is 10.2. The Labute approximate surface area is 212 Å². The lowest BCUT2D eigenvalue weighted by molar-refractivity contribution is -0.00545. The first kappa shape index (κ1) is 27.1. The highest BCUT2D eigenvalue weighted by Gasteiger charge is 2.22. The molecule has 3 heterocycles. The largest absolute Gasteiger partial charge is 0.377 e. The van der Waals surface area contributed by atoms with Crippen molar-refractivity contribution >= 4 is 0 Å². The van der Waals surface area contributed by atoms with Gasteiger partial charge in [0.1, 0.15) is 12.1 Å². The van der Waals surface area contributed by atoms with Crippen LogP contribution in [0, 0.1) is 22.7 Å². The third-order valence-corrected chi connectivity index (χ3v) is 5.35. The van der Waals surface area contributed by atoms with E-state index < -0.39 is 0 Å². The van der Waals surface area contributed by atoms with E-state index in [0.717, 1.165) is 11.4 Å². The molecule has 190 valence electrons. The van der Waals surface area contributed by atoms with Gasteiger partial charge < -0.3 is 28.7 Å². The second kappa shape index (κ2) is 16.2. The lowest BCUT2D eigenvalue weighted by atomic mass is 10.2. The SMILES string of the molecule is N#C/C1=C(\C#N)N(Cc2ccccn2)CCOCCOCCOCCOCCN1Cc1ccccn1. The Balaban J connectivity index is 1.90. The highest BCUT2D eigenvalue weighted by atomic mass is 16.6. The lowest BCUT2D eigenvalue weighted by Crippen LogP contribution is -2.34. The van der Waals surface area contributed by atoms with Crippen LogP contribution in [0.3, 0.4) is 0 Å². The van der Waals surface area contributed by atoms with Crippen LogP contribution in [0.5, 0.6) is 0 Å². The average molecular weight is 493 g/mol. The fourth-order valence-corrected chi connectivity index (χ4v) is 3.57. The maximum absolute atomic E-state index is 10.2. The molecular weight excluding hydrogens is 460 g/mol. The second-order valence-electron chi connectivity index (χ2n) is 7.86. The van der Waals surface area contributed by atoms with Crippen LogP contribution in [0.15, 0.2) is 60.2 Å². The molecule has 0 radical (unpaired) electrons. The Kier molecular flexibility index (Phi) is 12.2. The number of hydrogen-bond donors (Lipinski definition) is 0. The number of rotatable bonds is 4. The highest BCUT2D eigenvalue weighted by Crippen LogP contribution is 2.19. The van der Waals surface area contributed by atoms with Crippen LogP contribution >= 0.6 is 0 Å². The van der Waals surface area contributed by atoms with E-state index in [1.165, 1.54) is 0 Å². The molecular formula is C26H32N6O4. The summed E-state index contributed by atoms with van der Waals surface area (Å²) in [6.07, 6.45) is 3.42. The summed E-state index contributed by atoms with van der Waals surface area (Å²) in [5.74, 6) is 0. The van der Waals surface area contributed by atoms with Crippen molar-refractivity contribution in [1.82, 2.24) is 19.8 Å². The van der Waals surface area contributed by atoms with Gasteiger partial charge in [0.05, 0.1) is 77.3 Å². The highest BCUT2D eigenvalue weighted by molar-refractivity contribution is 5.35. The summed E-state index contributed by atoms with van der Waals surface area (Å²) in [5.41, 5.74) is 2.08. The van der Waals surface area contributed by atoms with Crippen LogP contribution in [-0.2, 0) is 32.0 Å². The molecule has 0 atom stereocenters. The van der Waals surface area contributed by atoms with Gasteiger partial charge in [-0.3, -0.25) is 9.97 Å². The topological polar surface area (TPSA) is 117 Å². The van der Waals surface area contributed by atoms with Crippen molar-refractivity contribution in [1.29, 1.82) is 10.5 Å². The number of nitrogens with zero attached hydrogens (tertiary/aromatic N) is 6. The van der Waals surface area contributed by atoms with Crippen molar-refractivity contribution in [3.8, 4) is 12.1 Å². The molecule has 10 nitrogen and oxygen atoms in total. The van der Waals surface area contributed by atoms with Crippen LogP contribution in [0.25, 0.3) is 0 Å². The number of pyridine rings is 2. The summed E-state index contributed by atoms with van der Waals surface area (Å²) in [6.45, 7) is 4.96. The summed E-state index contributed by atoms with van der Waals surface area (Å²) in [5, 5.41) is 20.4. The van der Waals surface area contributed by atoms with Crippen LogP contribution in [0.4, 0.5) is 0 Å². The van der Waals surface area contributed by atoms with Crippen LogP contribution in [-0.4, -0.2) is 85.7 Å². The fraction of sp³-hybridized carbons (Fsp3) is 0.462. The zero-order chi connectivity index (χ0) is 25.3. The van der Waals surface area contributed by atoms with E-state index in [2.05, 4.69) is 22.1 Å². The molecule has 0 spiro atoms. The zero-order valence-corrected chi connectivity index (χ0v) is 20.4. The molecule has 10 heteroatoms. The molecule has 2 aromatic rings. The molecule has 0 saturated carbocycles. The summed E-state index contributed by atoms with van der Waals surface area (Å²) in [7, 11) is 0. The van der Waals surface area contributed by atoms with Gasteiger partial charge >= 0.3 is 0 Å². The summed E-state index contributed by atoms with van der Waals surface area (Å²) in [4.78, 5) is 12.5.